The highest BCUT2D eigenvalue weighted by Gasteiger charge is 2.10. The van der Waals surface area contributed by atoms with E-state index in [-0.39, 0.29) is 5.78 Å². The summed E-state index contributed by atoms with van der Waals surface area (Å²) < 4.78 is 0. The Hall–Kier alpha value is -2.09. The Morgan fingerprint density at radius 2 is 1.65 bits per heavy atom. The third-order valence-electron chi connectivity index (χ3n) is 3.54. The van der Waals surface area contributed by atoms with Crippen molar-refractivity contribution in [2.45, 2.75) is 20.3 Å². The average Bonchev–Trinajstić information content (AvgIpc) is 2.50. The summed E-state index contributed by atoms with van der Waals surface area (Å²) in [5.41, 5.74) is 3.27. The van der Waals surface area contributed by atoms with Crippen molar-refractivity contribution < 1.29 is 4.79 Å². The van der Waals surface area contributed by atoms with Crippen molar-refractivity contribution in [3.63, 3.8) is 0 Å². The number of aryl methyl sites for hydroxylation is 1. The van der Waals surface area contributed by atoms with Gasteiger partial charge in [0.15, 0.2) is 5.78 Å². The number of anilines is 1. The van der Waals surface area contributed by atoms with Gasteiger partial charge in [0.2, 0.25) is 0 Å². The van der Waals surface area contributed by atoms with Crippen LogP contribution >= 0.6 is 0 Å². The van der Waals surface area contributed by atoms with E-state index in [1.165, 1.54) is 11.3 Å². The number of para-hydroxylation sites is 1. The third-order valence-corrected chi connectivity index (χ3v) is 3.54. The summed E-state index contributed by atoms with van der Waals surface area (Å²) >= 11 is 0. The van der Waals surface area contributed by atoms with Gasteiger partial charge in [0.05, 0.1) is 0 Å². The minimum atomic E-state index is 0.206. The fourth-order valence-corrected chi connectivity index (χ4v) is 2.37. The summed E-state index contributed by atoms with van der Waals surface area (Å²) in [6.45, 7) is 5.90. The van der Waals surface area contributed by atoms with Crippen LogP contribution in [0.2, 0.25) is 0 Å². The van der Waals surface area contributed by atoms with Crippen LogP contribution < -0.4 is 4.90 Å². The Labute approximate surface area is 121 Å². The second-order valence-electron chi connectivity index (χ2n) is 4.91. The third kappa shape index (κ3) is 3.47. The lowest BCUT2D eigenvalue weighted by atomic mass is 10.1. The first-order chi connectivity index (χ1) is 9.72. The Balaban J connectivity index is 2.02. The van der Waals surface area contributed by atoms with Gasteiger partial charge < -0.3 is 4.90 Å². The highest BCUT2D eigenvalue weighted by atomic mass is 16.1. The molecule has 0 radical (unpaired) electrons. The highest BCUT2D eigenvalue weighted by Crippen LogP contribution is 2.19. The molecule has 104 valence electrons. The average molecular weight is 267 g/mol. The van der Waals surface area contributed by atoms with Crippen LogP contribution in [0.4, 0.5) is 5.69 Å². The smallest absolute Gasteiger partial charge is 0.164 e. The number of ketones is 1. The normalized spacial score (nSPS) is 10.3. The predicted molar refractivity (Wildman–Crippen MR) is 84.5 cm³/mol. The van der Waals surface area contributed by atoms with E-state index >= 15 is 0 Å². The molecule has 0 bridgehead atoms. The minimum absolute atomic E-state index is 0.206. The molecule has 0 unspecified atom stereocenters. The van der Waals surface area contributed by atoms with Crippen LogP contribution in [0.1, 0.15) is 29.3 Å². The molecule has 0 N–H and O–H groups in total. The highest BCUT2D eigenvalue weighted by molar-refractivity contribution is 5.96. The van der Waals surface area contributed by atoms with Gasteiger partial charge in [-0.1, -0.05) is 48.5 Å². The first-order valence-electron chi connectivity index (χ1n) is 7.11. The molecule has 2 heteroatoms. The van der Waals surface area contributed by atoms with Gasteiger partial charge in [-0.25, -0.2) is 0 Å². The Morgan fingerprint density at radius 1 is 1.00 bits per heavy atom. The lowest BCUT2D eigenvalue weighted by Gasteiger charge is -2.24. The van der Waals surface area contributed by atoms with Crippen molar-refractivity contribution in [1.29, 1.82) is 0 Å². The molecule has 0 heterocycles. The molecule has 0 saturated heterocycles. The molecular weight excluding hydrogens is 246 g/mol. The number of nitrogens with zero attached hydrogens (tertiary/aromatic N) is 1. The number of hydrogen-bond acceptors (Lipinski definition) is 2. The van der Waals surface area contributed by atoms with Gasteiger partial charge in [0.1, 0.15) is 0 Å². The van der Waals surface area contributed by atoms with Gasteiger partial charge in [-0.15, -0.1) is 0 Å². The molecule has 0 saturated carbocycles. The number of Topliss-reactive ketones (excluding diaryl/α,β-unsaturated/α-hetero) is 1. The van der Waals surface area contributed by atoms with E-state index in [1.807, 2.05) is 42.5 Å². The molecule has 0 aromatic heterocycles. The summed E-state index contributed by atoms with van der Waals surface area (Å²) in [5.74, 6) is 0.206. The molecule has 20 heavy (non-hydrogen) atoms. The number of hydrogen-bond donors (Lipinski definition) is 0. The zero-order chi connectivity index (χ0) is 14.4. The van der Waals surface area contributed by atoms with Crippen molar-refractivity contribution in [2.75, 3.05) is 18.0 Å². The van der Waals surface area contributed by atoms with E-state index in [9.17, 15) is 4.79 Å². The van der Waals surface area contributed by atoms with Crippen LogP contribution in [-0.2, 0) is 0 Å². The van der Waals surface area contributed by atoms with E-state index in [1.54, 1.807) is 0 Å². The van der Waals surface area contributed by atoms with Crippen molar-refractivity contribution >= 4 is 11.5 Å². The summed E-state index contributed by atoms with van der Waals surface area (Å²) in [4.78, 5) is 14.4. The van der Waals surface area contributed by atoms with Gasteiger partial charge >= 0.3 is 0 Å². The van der Waals surface area contributed by atoms with Crippen LogP contribution in [0.3, 0.4) is 0 Å². The molecule has 0 spiro atoms. The molecular formula is C18H21NO. The fourth-order valence-electron chi connectivity index (χ4n) is 2.37. The molecule has 0 amide bonds. The molecule has 2 aromatic carbocycles. The maximum Gasteiger partial charge on any atom is 0.164 e. The van der Waals surface area contributed by atoms with Crippen LogP contribution in [0.15, 0.2) is 54.6 Å². The Morgan fingerprint density at radius 3 is 2.30 bits per heavy atom. The maximum atomic E-state index is 12.2. The van der Waals surface area contributed by atoms with Crippen LogP contribution in [0, 0.1) is 6.92 Å². The SMILES string of the molecule is CCN(CCC(=O)c1ccccc1)c1ccccc1C. The van der Waals surface area contributed by atoms with Crippen molar-refractivity contribution in [3.05, 3.63) is 65.7 Å². The van der Waals surface area contributed by atoms with Gasteiger partial charge in [0, 0.05) is 30.8 Å². The minimum Gasteiger partial charge on any atom is -0.371 e. The molecule has 2 aromatic rings. The number of carbonyl (C=O) groups excluding carboxylic acids is 1. The van der Waals surface area contributed by atoms with Crippen molar-refractivity contribution in [2.24, 2.45) is 0 Å². The second-order valence-corrected chi connectivity index (χ2v) is 4.91. The fraction of sp³-hybridized carbons (Fsp3) is 0.278. The summed E-state index contributed by atoms with van der Waals surface area (Å²) in [7, 11) is 0. The summed E-state index contributed by atoms with van der Waals surface area (Å²) in [6, 6.07) is 17.8. The topological polar surface area (TPSA) is 20.3 Å². The summed E-state index contributed by atoms with van der Waals surface area (Å²) in [5, 5.41) is 0. The molecule has 0 aliphatic heterocycles. The Kier molecular flexibility index (Phi) is 4.94. The zero-order valence-corrected chi connectivity index (χ0v) is 12.2. The molecule has 0 aliphatic rings. The largest absolute Gasteiger partial charge is 0.371 e. The lowest BCUT2D eigenvalue weighted by Crippen LogP contribution is -2.26. The van der Waals surface area contributed by atoms with E-state index in [4.69, 9.17) is 0 Å². The van der Waals surface area contributed by atoms with E-state index < -0.39 is 0 Å². The van der Waals surface area contributed by atoms with Crippen LogP contribution in [0.5, 0.6) is 0 Å². The molecule has 2 nitrogen and oxygen atoms in total. The number of benzene rings is 2. The van der Waals surface area contributed by atoms with E-state index in [0.717, 1.165) is 18.7 Å². The van der Waals surface area contributed by atoms with E-state index in [0.29, 0.717) is 6.42 Å². The van der Waals surface area contributed by atoms with Crippen LogP contribution in [0.25, 0.3) is 0 Å². The zero-order valence-electron chi connectivity index (χ0n) is 12.2. The van der Waals surface area contributed by atoms with Gasteiger partial charge in [-0.3, -0.25) is 4.79 Å². The molecule has 0 aliphatic carbocycles. The summed E-state index contributed by atoms with van der Waals surface area (Å²) in [6.07, 6.45) is 0.548. The van der Waals surface area contributed by atoms with Crippen molar-refractivity contribution in [1.82, 2.24) is 0 Å². The van der Waals surface area contributed by atoms with Gasteiger partial charge in [0.25, 0.3) is 0 Å². The standard InChI is InChI=1S/C18H21NO/c1-3-19(17-12-8-7-9-15(17)2)14-13-18(20)16-10-5-4-6-11-16/h4-12H,3,13-14H2,1-2H3. The molecule has 0 fully saturated rings. The molecule has 0 atom stereocenters. The monoisotopic (exact) mass is 267 g/mol. The number of rotatable bonds is 6. The quantitative estimate of drug-likeness (QED) is 0.735. The lowest BCUT2D eigenvalue weighted by molar-refractivity contribution is 0.0984. The molecule has 2 rings (SSSR count). The number of carbonyl (C=O) groups is 1. The maximum absolute atomic E-state index is 12.2. The van der Waals surface area contributed by atoms with Gasteiger partial charge in [-0.05, 0) is 25.5 Å². The van der Waals surface area contributed by atoms with Crippen molar-refractivity contribution in [3.8, 4) is 0 Å². The Bertz CT molecular complexity index is 563. The van der Waals surface area contributed by atoms with E-state index in [2.05, 4.69) is 30.9 Å². The second kappa shape index (κ2) is 6.90. The first kappa shape index (κ1) is 14.3. The van der Waals surface area contributed by atoms with Crippen LogP contribution in [-0.4, -0.2) is 18.9 Å². The predicted octanol–water partition coefficient (Wildman–Crippen LogP) is 4.09. The van der Waals surface area contributed by atoms with Gasteiger partial charge in [-0.2, -0.15) is 0 Å². The first-order valence-corrected chi connectivity index (χ1v) is 7.11.